The van der Waals surface area contributed by atoms with E-state index in [0.29, 0.717) is 52.7 Å². The Morgan fingerprint density at radius 3 is 2.29 bits per heavy atom. The van der Waals surface area contributed by atoms with Crippen molar-refractivity contribution in [2.75, 3.05) is 39.5 Å². The average molecular weight is 812 g/mol. The lowest BCUT2D eigenvalue weighted by Gasteiger charge is -2.39. The Balaban J connectivity index is 0.971. The van der Waals surface area contributed by atoms with Crippen molar-refractivity contribution in [2.45, 2.75) is 122 Å². The normalized spacial score (nSPS) is 24.0. The Morgan fingerprint density at radius 2 is 1.54 bits per heavy atom. The van der Waals surface area contributed by atoms with Gasteiger partial charge in [0.2, 0.25) is 0 Å². The summed E-state index contributed by atoms with van der Waals surface area (Å²) in [4.78, 5) is 15.0. The number of fused-ring (bicyclic) bond motifs is 1. The minimum atomic E-state index is -0.759. The molecule has 3 fully saturated rings. The third-order valence-corrected chi connectivity index (χ3v) is 10.7. The highest BCUT2D eigenvalue weighted by molar-refractivity contribution is 5.84. The zero-order valence-corrected chi connectivity index (χ0v) is 35.6. The van der Waals surface area contributed by atoms with Crippen LogP contribution in [0.25, 0.3) is 10.8 Å². The molecule has 0 spiro atoms. The van der Waals surface area contributed by atoms with Crippen LogP contribution in [0.4, 0.5) is 4.79 Å². The number of hydrogen-bond donors (Lipinski definition) is 0. The number of nitrogens with zero attached hydrogens (tertiary/aromatic N) is 1. The van der Waals surface area contributed by atoms with Gasteiger partial charge in [0.1, 0.15) is 42.0 Å². The number of benzene rings is 4. The number of ether oxygens (including phenoxy) is 9. The summed E-state index contributed by atoms with van der Waals surface area (Å²) in [6, 6.07) is 30.8. The fraction of sp³-hybridized carbons (Fsp3) is 0.521. The van der Waals surface area contributed by atoms with Crippen LogP contribution in [0.2, 0.25) is 0 Å². The van der Waals surface area contributed by atoms with Crippen molar-refractivity contribution in [3.63, 3.8) is 0 Å². The molecule has 5 atom stereocenters. The van der Waals surface area contributed by atoms with Crippen molar-refractivity contribution in [2.24, 2.45) is 0 Å². The van der Waals surface area contributed by atoms with Crippen LogP contribution in [0.1, 0.15) is 83.9 Å². The molecule has 3 aliphatic rings. The van der Waals surface area contributed by atoms with Crippen LogP contribution in [0, 0.1) is 0 Å². The van der Waals surface area contributed by atoms with Crippen LogP contribution in [-0.2, 0) is 46.4 Å². The lowest BCUT2D eigenvalue weighted by atomic mass is 9.87. The smallest absolute Gasteiger partial charge is 0.410 e. The molecule has 11 nitrogen and oxygen atoms in total. The molecule has 3 aliphatic heterocycles. The molecule has 4 aromatic rings. The Labute approximate surface area is 349 Å². The minimum absolute atomic E-state index is 0.0810. The molecule has 0 N–H and O–H groups in total. The number of piperidine rings is 1. The van der Waals surface area contributed by atoms with E-state index in [9.17, 15) is 4.79 Å². The molecule has 7 rings (SSSR count). The number of amides is 1. The summed E-state index contributed by atoms with van der Waals surface area (Å²) in [7, 11) is 0. The molecule has 0 unspecified atom stereocenters. The Kier molecular flexibility index (Phi) is 13.5. The number of likely N-dealkylation sites (tertiary alicyclic amines) is 1. The van der Waals surface area contributed by atoms with Crippen molar-refractivity contribution in [3.05, 3.63) is 108 Å². The van der Waals surface area contributed by atoms with Crippen LogP contribution in [0.5, 0.6) is 11.5 Å². The van der Waals surface area contributed by atoms with Crippen LogP contribution in [0.15, 0.2) is 91.0 Å². The van der Waals surface area contributed by atoms with Crippen molar-refractivity contribution >= 4 is 16.9 Å². The second kappa shape index (κ2) is 18.6. The molecule has 1 amide bonds. The fourth-order valence-electron chi connectivity index (χ4n) is 7.91. The molecule has 0 saturated carbocycles. The Morgan fingerprint density at radius 1 is 0.780 bits per heavy atom. The van der Waals surface area contributed by atoms with E-state index in [1.807, 2.05) is 90.9 Å². The number of carbonyl (C=O) groups excluding carboxylic acids is 1. The molecule has 0 aliphatic carbocycles. The van der Waals surface area contributed by atoms with Gasteiger partial charge in [-0.05, 0) is 113 Å². The van der Waals surface area contributed by atoms with E-state index in [2.05, 4.69) is 48.5 Å². The summed E-state index contributed by atoms with van der Waals surface area (Å²) >= 11 is 0. The number of rotatable bonds is 15. The molecule has 318 valence electrons. The summed E-state index contributed by atoms with van der Waals surface area (Å²) in [5.41, 5.74) is 2.75. The topological polar surface area (TPSA) is 103 Å². The predicted octanol–water partition coefficient (Wildman–Crippen LogP) is 9.19. The van der Waals surface area contributed by atoms with Gasteiger partial charge in [0.15, 0.2) is 11.6 Å². The molecular weight excluding hydrogens is 751 g/mol. The van der Waals surface area contributed by atoms with E-state index in [1.165, 1.54) is 0 Å². The summed E-state index contributed by atoms with van der Waals surface area (Å²) < 4.78 is 55.1. The standard InChI is InChI=1S/C48H61NO10/c1-46(2,3)59-45(50)49-23-22-40(36-17-19-38(20-18-36)52-25-11-24-51-29-33-12-9-8-10-13-33)41(28-49)54-30-34-14-15-35-16-21-39(27-37(35)26-34)53-31-42-44(58-48(6,7)57-42)43-32-55-47(4,5)56-43/h8-10,12-21,26-27,40-44H,11,22-25,28-32H2,1-7H3/t40-,41+,42+,43+,44-/m0/s1. The maximum absolute atomic E-state index is 13.2. The van der Waals surface area contributed by atoms with Gasteiger partial charge in [0.25, 0.3) is 0 Å². The van der Waals surface area contributed by atoms with Gasteiger partial charge in [-0.2, -0.15) is 0 Å². The molecule has 59 heavy (non-hydrogen) atoms. The molecule has 0 bridgehead atoms. The number of hydrogen-bond acceptors (Lipinski definition) is 10. The first-order chi connectivity index (χ1) is 28.2. The predicted molar refractivity (Wildman–Crippen MR) is 225 cm³/mol. The third kappa shape index (κ3) is 12.0. The zero-order valence-electron chi connectivity index (χ0n) is 35.6. The van der Waals surface area contributed by atoms with Crippen LogP contribution >= 0.6 is 0 Å². The zero-order chi connectivity index (χ0) is 41.6. The van der Waals surface area contributed by atoms with E-state index in [0.717, 1.165) is 51.8 Å². The van der Waals surface area contributed by atoms with Crippen LogP contribution in [-0.4, -0.2) is 92.1 Å². The summed E-state index contributed by atoms with van der Waals surface area (Å²) in [6.07, 6.45) is 0.0687. The lowest BCUT2D eigenvalue weighted by molar-refractivity contribution is -0.174. The second-order valence-electron chi connectivity index (χ2n) is 17.6. The quantitative estimate of drug-likeness (QED) is 0.108. The first-order valence-electron chi connectivity index (χ1n) is 21.0. The van der Waals surface area contributed by atoms with E-state index in [1.54, 1.807) is 4.90 Å². The van der Waals surface area contributed by atoms with Gasteiger partial charge in [-0.3, -0.25) is 0 Å². The molecule has 11 heteroatoms. The maximum Gasteiger partial charge on any atom is 0.410 e. The summed E-state index contributed by atoms with van der Waals surface area (Å²) in [6.45, 7) is 17.2. The first kappa shape index (κ1) is 42.9. The summed E-state index contributed by atoms with van der Waals surface area (Å²) in [5, 5.41) is 2.13. The molecule has 0 aromatic heterocycles. The van der Waals surface area contributed by atoms with Gasteiger partial charge in [-0.1, -0.05) is 60.7 Å². The van der Waals surface area contributed by atoms with Crippen molar-refractivity contribution < 1.29 is 47.4 Å². The molecule has 0 radical (unpaired) electrons. The van der Waals surface area contributed by atoms with Gasteiger partial charge in [0.05, 0.1) is 45.7 Å². The van der Waals surface area contributed by atoms with Crippen LogP contribution in [0.3, 0.4) is 0 Å². The highest BCUT2D eigenvalue weighted by Crippen LogP contribution is 2.37. The van der Waals surface area contributed by atoms with Crippen molar-refractivity contribution in [1.82, 2.24) is 4.90 Å². The van der Waals surface area contributed by atoms with E-state index < -0.39 is 17.2 Å². The maximum atomic E-state index is 13.2. The highest BCUT2D eigenvalue weighted by Gasteiger charge is 2.50. The van der Waals surface area contributed by atoms with Crippen molar-refractivity contribution in [1.29, 1.82) is 0 Å². The van der Waals surface area contributed by atoms with Crippen LogP contribution < -0.4 is 9.47 Å². The van der Waals surface area contributed by atoms with Gasteiger partial charge < -0.3 is 47.5 Å². The SMILES string of the molecule is CC(C)(C)OC(=O)N1CC[C@@H](c2ccc(OCCCOCc3ccccc3)cc2)[C@H](OCc2ccc3ccc(OC[C@H]4OC(C)(C)O[C@@H]4[C@H]4COC(C)(C)O4)cc3c2)C1. The average Bonchev–Trinajstić information content (AvgIpc) is 3.73. The minimum Gasteiger partial charge on any atom is -0.494 e. The van der Waals surface area contributed by atoms with E-state index in [-0.39, 0.29) is 36.4 Å². The second-order valence-corrected chi connectivity index (χ2v) is 17.6. The number of carbonyl (C=O) groups is 1. The van der Waals surface area contributed by atoms with Gasteiger partial charge in [-0.15, -0.1) is 0 Å². The monoisotopic (exact) mass is 811 g/mol. The first-order valence-corrected chi connectivity index (χ1v) is 21.0. The third-order valence-electron chi connectivity index (χ3n) is 10.7. The summed E-state index contributed by atoms with van der Waals surface area (Å²) in [5.74, 6) is 0.204. The fourth-order valence-corrected chi connectivity index (χ4v) is 7.91. The van der Waals surface area contributed by atoms with Gasteiger partial charge in [0, 0.05) is 18.9 Å². The molecular formula is C48H61NO10. The Bertz CT molecular complexity index is 1980. The largest absolute Gasteiger partial charge is 0.494 e. The van der Waals surface area contributed by atoms with E-state index in [4.69, 9.17) is 42.6 Å². The highest BCUT2D eigenvalue weighted by atomic mass is 16.8. The van der Waals surface area contributed by atoms with E-state index >= 15 is 0 Å². The lowest BCUT2D eigenvalue weighted by Crippen LogP contribution is -2.48. The Hall–Kier alpha value is -4.23. The van der Waals surface area contributed by atoms with Gasteiger partial charge >= 0.3 is 6.09 Å². The van der Waals surface area contributed by atoms with Gasteiger partial charge in [-0.25, -0.2) is 4.79 Å². The molecule has 3 saturated heterocycles. The van der Waals surface area contributed by atoms with Crippen molar-refractivity contribution in [3.8, 4) is 11.5 Å². The molecule has 4 aromatic carbocycles. The molecule has 3 heterocycles.